The fourth-order valence-corrected chi connectivity index (χ4v) is 3.48. The number of nitrogens with one attached hydrogen (secondary N) is 1. The first-order chi connectivity index (χ1) is 9.34. The molecular weight excluding hydrogens is 244 g/mol. The molecule has 0 aromatic carbocycles. The van der Waals surface area contributed by atoms with Crippen molar-refractivity contribution in [2.75, 3.05) is 20.1 Å². The van der Waals surface area contributed by atoms with E-state index in [0.29, 0.717) is 11.5 Å². The van der Waals surface area contributed by atoms with Crippen LogP contribution in [-0.2, 0) is 0 Å². The van der Waals surface area contributed by atoms with Crippen LogP contribution in [0.3, 0.4) is 0 Å². The molecule has 2 nitrogen and oxygen atoms in total. The first-order valence-electron chi connectivity index (χ1n) is 8.76. The summed E-state index contributed by atoms with van der Waals surface area (Å²) in [5.74, 6) is 0.821. The average Bonchev–Trinajstić information content (AvgIpc) is 2.85. The number of rotatable bonds is 8. The highest BCUT2D eigenvalue weighted by Gasteiger charge is 2.26. The first-order valence-corrected chi connectivity index (χ1v) is 8.76. The molecule has 1 atom stereocenters. The maximum absolute atomic E-state index is 3.53. The van der Waals surface area contributed by atoms with Gasteiger partial charge >= 0.3 is 0 Å². The summed E-state index contributed by atoms with van der Waals surface area (Å²) in [6, 6.07) is 1.48. The zero-order valence-corrected chi connectivity index (χ0v) is 14.8. The minimum absolute atomic E-state index is 0.355. The summed E-state index contributed by atoms with van der Waals surface area (Å²) in [5.41, 5.74) is 0.355. The Bertz CT molecular complexity index is 249. The van der Waals surface area contributed by atoms with Crippen LogP contribution < -0.4 is 5.32 Å². The third-order valence-electron chi connectivity index (χ3n) is 4.93. The summed E-state index contributed by atoms with van der Waals surface area (Å²) in [4.78, 5) is 2.79. The predicted octanol–water partition coefficient (Wildman–Crippen LogP) is 4.30. The lowest BCUT2D eigenvalue weighted by molar-refractivity contribution is 0.160. The van der Waals surface area contributed by atoms with Crippen molar-refractivity contribution in [2.45, 2.75) is 85.2 Å². The van der Waals surface area contributed by atoms with Gasteiger partial charge in [-0.3, -0.25) is 0 Å². The molecule has 0 saturated heterocycles. The van der Waals surface area contributed by atoms with Crippen LogP contribution in [0.1, 0.15) is 73.1 Å². The summed E-state index contributed by atoms with van der Waals surface area (Å²) in [5, 5.41) is 3.53. The van der Waals surface area contributed by atoms with E-state index < -0.39 is 0 Å². The van der Waals surface area contributed by atoms with E-state index in [1.165, 1.54) is 51.6 Å². The van der Waals surface area contributed by atoms with Crippen LogP contribution in [0.25, 0.3) is 0 Å². The molecule has 1 saturated carbocycles. The van der Waals surface area contributed by atoms with Gasteiger partial charge < -0.3 is 10.2 Å². The Kier molecular flexibility index (Phi) is 7.53. The summed E-state index contributed by atoms with van der Waals surface area (Å²) in [6.45, 7) is 14.3. The van der Waals surface area contributed by atoms with Crippen molar-refractivity contribution in [3.63, 3.8) is 0 Å². The quantitative estimate of drug-likeness (QED) is 0.714. The van der Waals surface area contributed by atoms with Gasteiger partial charge in [-0.1, -0.05) is 47.5 Å². The van der Waals surface area contributed by atoms with Gasteiger partial charge in [-0.15, -0.1) is 0 Å². The van der Waals surface area contributed by atoms with Gasteiger partial charge in [0.25, 0.3) is 0 Å². The van der Waals surface area contributed by atoms with Crippen LogP contribution in [0, 0.1) is 11.3 Å². The van der Waals surface area contributed by atoms with Crippen molar-refractivity contribution in [3.8, 4) is 0 Å². The maximum atomic E-state index is 3.53. The molecule has 0 radical (unpaired) electrons. The number of nitrogens with zero attached hydrogens (tertiary/aromatic N) is 1. The number of hydrogen-bond donors (Lipinski definition) is 1. The SMILES string of the molecule is CNC(CCN(CCC(C)C)C1CCCC1)C(C)(C)C. The molecule has 0 spiro atoms. The molecule has 120 valence electrons. The summed E-state index contributed by atoms with van der Waals surface area (Å²) in [7, 11) is 2.12. The predicted molar refractivity (Wildman–Crippen MR) is 90.2 cm³/mol. The molecule has 1 aliphatic carbocycles. The van der Waals surface area contributed by atoms with Gasteiger partial charge in [0.15, 0.2) is 0 Å². The van der Waals surface area contributed by atoms with Crippen molar-refractivity contribution < 1.29 is 0 Å². The van der Waals surface area contributed by atoms with Crippen LogP contribution in [0.15, 0.2) is 0 Å². The topological polar surface area (TPSA) is 15.3 Å². The molecule has 1 aliphatic rings. The highest BCUT2D eigenvalue weighted by Crippen LogP contribution is 2.26. The lowest BCUT2D eigenvalue weighted by atomic mass is 9.84. The summed E-state index contributed by atoms with van der Waals surface area (Å²) in [6.07, 6.45) is 8.36. The van der Waals surface area contributed by atoms with Crippen molar-refractivity contribution in [1.29, 1.82) is 0 Å². The molecule has 2 heteroatoms. The number of hydrogen-bond acceptors (Lipinski definition) is 2. The Labute approximate surface area is 127 Å². The molecule has 0 amide bonds. The van der Waals surface area contributed by atoms with E-state index in [2.05, 4.69) is 51.9 Å². The van der Waals surface area contributed by atoms with E-state index in [1.807, 2.05) is 0 Å². The molecule has 0 bridgehead atoms. The minimum Gasteiger partial charge on any atom is -0.316 e. The molecule has 1 N–H and O–H groups in total. The molecule has 1 unspecified atom stereocenters. The minimum atomic E-state index is 0.355. The van der Waals surface area contributed by atoms with E-state index in [9.17, 15) is 0 Å². The lowest BCUT2D eigenvalue weighted by Gasteiger charge is -2.35. The monoisotopic (exact) mass is 282 g/mol. The molecule has 1 fully saturated rings. The van der Waals surface area contributed by atoms with Crippen molar-refractivity contribution >= 4 is 0 Å². The van der Waals surface area contributed by atoms with E-state index in [-0.39, 0.29) is 0 Å². The van der Waals surface area contributed by atoms with Crippen molar-refractivity contribution in [2.24, 2.45) is 11.3 Å². The Morgan fingerprint density at radius 1 is 1.05 bits per heavy atom. The van der Waals surface area contributed by atoms with Crippen molar-refractivity contribution in [1.82, 2.24) is 10.2 Å². The van der Waals surface area contributed by atoms with E-state index in [1.54, 1.807) is 0 Å². The first kappa shape index (κ1) is 18.0. The Morgan fingerprint density at radius 3 is 2.05 bits per heavy atom. The van der Waals surface area contributed by atoms with Gasteiger partial charge in [0.05, 0.1) is 0 Å². The fourth-order valence-electron chi connectivity index (χ4n) is 3.48. The smallest absolute Gasteiger partial charge is 0.0125 e. The Balaban J connectivity index is 2.50. The molecule has 1 rings (SSSR count). The van der Waals surface area contributed by atoms with Crippen LogP contribution in [0.5, 0.6) is 0 Å². The average molecular weight is 283 g/mol. The Hall–Kier alpha value is -0.0800. The second kappa shape index (κ2) is 8.38. The van der Waals surface area contributed by atoms with Gasteiger partial charge in [-0.2, -0.15) is 0 Å². The Morgan fingerprint density at radius 2 is 1.60 bits per heavy atom. The molecule has 0 aliphatic heterocycles. The normalized spacial score (nSPS) is 19.2. The van der Waals surface area contributed by atoms with Crippen LogP contribution in [0.4, 0.5) is 0 Å². The third kappa shape index (κ3) is 6.13. The van der Waals surface area contributed by atoms with Crippen LogP contribution in [0.2, 0.25) is 0 Å². The maximum Gasteiger partial charge on any atom is 0.0125 e. The largest absolute Gasteiger partial charge is 0.316 e. The molecule has 0 heterocycles. The fraction of sp³-hybridized carbons (Fsp3) is 1.00. The standard InChI is InChI=1S/C18H38N2/c1-15(2)11-13-20(16-9-7-8-10-16)14-12-17(19-6)18(3,4)5/h15-17,19H,7-14H2,1-6H3. The van der Waals surface area contributed by atoms with Gasteiger partial charge in [-0.25, -0.2) is 0 Å². The zero-order chi connectivity index (χ0) is 15.2. The van der Waals surface area contributed by atoms with Crippen LogP contribution in [-0.4, -0.2) is 37.1 Å². The molecule has 0 aromatic rings. The highest BCUT2D eigenvalue weighted by atomic mass is 15.2. The summed E-state index contributed by atoms with van der Waals surface area (Å²) < 4.78 is 0. The molecule has 20 heavy (non-hydrogen) atoms. The molecular formula is C18H38N2. The second-order valence-electron chi connectivity index (χ2n) is 8.15. The lowest BCUT2D eigenvalue weighted by Crippen LogP contribution is -2.43. The highest BCUT2D eigenvalue weighted by molar-refractivity contribution is 4.83. The zero-order valence-electron chi connectivity index (χ0n) is 14.8. The van der Waals surface area contributed by atoms with E-state index in [4.69, 9.17) is 0 Å². The van der Waals surface area contributed by atoms with Gasteiger partial charge in [0.2, 0.25) is 0 Å². The van der Waals surface area contributed by atoms with Gasteiger partial charge in [0.1, 0.15) is 0 Å². The summed E-state index contributed by atoms with van der Waals surface area (Å²) >= 11 is 0. The van der Waals surface area contributed by atoms with E-state index >= 15 is 0 Å². The second-order valence-corrected chi connectivity index (χ2v) is 8.15. The van der Waals surface area contributed by atoms with Crippen molar-refractivity contribution in [3.05, 3.63) is 0 Å². The van der Waals surface area contributed by atoms with Gasteiger partial charge in [0, 0.05) is 12.1 Å². The van der Waals surface area contributed by atoms with Crippen LogP contribution >= 0.6 is 0 Å². The van der Waals surface area contributed by atoms with E-state index in [0.717, 1.165) is 12.0 Å². The molecule has 0 aromatic heterocycles. The third-order valence-corrected chi connectivity index (χ3v) is 4.93. The van der Waals surface area contributed by atoms with Gasteiger partial charge in [-0.05, 0) is 57.2 Å².